The van der Waals surface area contributed by atoms with E-state index in [9.17, 15) is 4.79 Å². The lowest BCUT2D eigenvalue weighted by Crippen LogP contribution is -2.38. The van der Waals surface area contributed by atoms with E-state index < -0.39 is 0 Å². The van der Waals surface area contributed by atoms with E-state index in [0.29, 0.717) is 18.8 Å². The van der Waals surface area contributed by atoms with Crippen molar-refractivity contribution in [1.29, 1.82) is 0 Å². The summed E-state index contributed by atoms with van der Waals surface area (Å²) >= 11 is 0. The monoisotopic (exact) mass is 240 g/mol. The summed E-state index contributed by atoms with van der Waals surface area (Å²) < 4.78 is 0. The van der Waals surface area contributed by atoms with Gasteiger partial charge in [-0.1, -0.05) is 19.4 Å². The van der Waals surface area contributed by atoms with Gasteiger partial charge in [-0.2, -0.15) is 0 Å². The molecule has 0 spiro atoms. The number of hydrogen-bond acceptors (Lipinski definition) is 3. The molecule has 0 saturated heterocycles. The first-order chi connectivity index (χ1) is 8.09. The van der Waals surface area contributed by atoms with Crippen molar-refractivity contribution >= 4 is 5.91 Å². The number of nitrogens with zero attached hydrogens (tertiary/aromatic N) is 1. The summed E-state index contributed by atoms with van der Waals surface area (Å²) in [4.78, 5) is 11.6. The number of allylic oxidation sites excluding steroid dienone is 1. The summed E-state index contributed by atoms with van der Waals surface area (Å²) in [6.07, 6.45) is 7.50. The summed E-state index contributed by atoms with van der Waals surface area (Å²) in [6.45, 7) is 4.16. The average molecular weight is 240 g/mol. The van der Waals surface area contributed by atoms with E-state index >= 15 is 0 Å². The van der Waals surface area contributed by atoms with E-state index in [1.54, 1.807) is 0 Å². The van der Waals surface area contributed by atoms with Gasteiger partial charge in [0.1, 0.15) is 0 Å². The zero-order valence-electron chi connectivity index (χ0n) is 10.5. The molecule has 1 fully saturated rings. The maximum absolute atomic E-state index is 11.6. The van der Waals surface area contributed by atoms with Crippen LogP contribution in [0.4, 0.5) is 0 Å². The van der Waals surface area contributed by atoms with Crippen LogP contribution in [-0.4, -0.2) is 22.6 Å². The number of aliphatic hydroxyl groups is 1. The number of rotatable bonds is 9. The lowest BCUT2D eigenvalue weighted by atomic mass is 10.1. The molecule has 0 unspecified atom stereocenters. The largest absolute Gasteiger partial charge is 0.513 e. The van der Waals surface area contributed by atoms with Crippen LogP contribution in [0.2, 0.25) is 0 Å². The molecule has 1 aliphatic carbocycles. The number of hydrazine groups is 1. The Morgan fingerprint density at radius 1 is 1.24 bits per heavy atom. The van der Waals surface area contributed by atoms with E-state index in [4.69, 9.17) is 10.9 Å². The minimum Gasteiger partial charge on any atom is -0.513 e. The van der Waals surface area contributed by atoms with E-state index in [2.05, 4.69) is 6.58 Å². The van der Waals surface area contributed by atoms with Gasteiger partial charge in [-0.25, -0.2) is 5.84 Å². The van der Waals surface area contributed by atoms with E-state index in [1.165, 1.54) is 17.9 Å². The van der Waals surface area contributed by atoms with Gasteiger partial charge in [-0.3, -0.25) is 9.80 Å². The first-order valence-corrected chi connectivity index (χ1v) is 6.51. The fourth-order valence-corrected chi connectivity index (χ4v) is 1.78. The third kappa shape index (κ3) is 7.00. The molecule has 0 aliphatic heterocycles. The molecular formula is C13H24N2O2. The third-order valence-corrected chi connectivity index (χ3v) is 3.08. The molecule has 1 amide bonds. The maximum Gasteiger partial charge on any atom is 0.236 e. The van der Waals surface area contributed by atoms with Crippen LogP contribution < -0.4 is 5.84 Å². The molecule has 0 radical (unpaired) electrons. The number of nitrogens with two attached hydrogens (primary N) is 1. The zero-order valence-corrected chi connectivity index (χ0v) is 10.5. The summed E-state index contributed by atoms with van der Waals surface area (Å²) in [5, 5.41) is 10.3. The molecule has 0 heterocycles. The van der Waals surface area contributed by atoms with Gasteiger partial charge in [0, 0.05) is 19.4 Å². The number of carbonyl (C=O) groups excluding carboxylic acids is 1. The lowest BCUT2D eigenvalue weighted by Gasteiger charge is -2.15. The van der Waals surface area contributed by atoms with Crippen LogP contribution in [0, 0.1) is 5.92 Å². The Kier molecular flexibility index (Phi) is 6.05. The normalized spacial score (nSPS) is 14.6. The standard InChI is InChI=1S/C13H24N2O2/c1-11(16)6-4-2-3-5-7-13(17)15(14)10-12-8-9-12/h12,16H,1-10,14H2. The van der Waals surface area contributed by atoms with Crippen LogP contribution in [0.3, 0.4) is 0 Å². The quantitative estimate of drug-likeness (QED) is 0.214. The van der Waals surface area contributed by atoms with Gasteiger partial charge in [0.2, 0.25) is 5.91 Å². The van der Waals surface area contributed by atoms with Crippen molar-refractivity contribution < 1.29 is 9.90 Å². The summed E-state index contributed by atoms with van der Waals surface area (Å²) in [6, 6.07) is 0. The Labute approximate surface area is 103 Å². The molecule has 0 bridgehead atoms. The molecule has 0 aromatic rings. The van der Waals surface area contributed by atoms with E-state index in [1.807, 2.05) is 0 Å². The van der Waals surface area contributed by atoms with Crippen molar-refractivity contribution in [2.24, 2.45) is 11.8 Å². The number of hydrogen-bond donors (Lipinski definition) is 2. The van der Waals surface area contributed by atoms with Gasteiger partial charge >= 0.3 is 0 Å². The number of amides is 1. The van der Waals surface area contributed by atoms with Gasteiger partial charge in [0.25, 0.3) is 0 Å². The van der Waals surface area contributed by atoms with Crippen LogP contribution in [0.5, 0.6) is 0 Å². The highest BCUT2D eigenvalue weighted by molar-refractivity contribution is 5.75. The lowest BCUT2D eigenvalue weighted by molar-refractivity contribution is -0.131. The Morgan fingerprint density at radius 2 is 1.82 bits per heavy atom. The van der Waals surface area contributed by atoms with Crippen LogP contribution in [0.25, 0.3) is 0 Å². The number of unbranched alkanes of at least 4 members (excludes halogenated alkanes) is 3. The van der Waals surface area contributed by atoms with Crippen molar-refractivity contribution in [1.82, 2.24) is 5.01 Å². The Balaban J connectivity index is 1.93. The van der Waals surface area contributed by atoms with Crippen LogP contribution >= 0.6 is 0 Å². The molecule has 4 nitrogen and oxygen atoms in total. The highest BCUT2D eigenvalue weighted by atomic mass is 16.3. The van der Waals surface area contributed by atoms with Crippen molar-refractivity contribution in [3.63, 3.8) is 0 Å². The first kappa shape index (κ1) is 14.0. The smallest absolute Gasteiger partial charge is 0.236 e. The molecule has 0 aromatic heterocycles. The summed E-state index contributed by atoms with van der Waals surface area (Å²) in [5.74, 6) is 6.64. The van der Waals surface area contributed by atoms with Gasteiger partial charge in [-0.15, -0.1) is 0 Å². The minimum absolute atomic E-state index is 0.0588. The van der Waals surface area contributed by atoms with Crippen molar-refractivity contribution in [2.45, 2.75) is 51.4 Å². The predicted octanol–water partition coefficient (Wildman–Crippen LogP) is 2.51. The molecule has 1 saturated carbocycles. The van der Waals surface area contributed by atoms with E-state index in [-0.39, 0.29) is 11.7 Å². The van der Waals surface area contributed by atoms with Crippen molar-refractivity contribution in [2.75, 3.05) is 6.54 Å². The topological polar surface area (TPSA) is 66.6 Å². The van der Waals surface area contributed by atoms with Crippen molar-refractivity contribution in [3.8, 4) is 0 Å². The molecule has 0 aromatic carbocycles. The third-order valence-electron chi connectivity index (χ3n) is 3.08. The fourth-order valence-electron chi connectivity index (χ4n) is 1.78. The molecule has 1 aliphatic rings. The van der Waals surface area contributed by atoms with E-state index in [0.717, 1.165) is 32.2 Å². The molecule has 17 heavy (non-hydrogen) atoms. The molecule has 4 heteroatoms. The molecular weight excluding hydrogens is 216 g/mol. The van der Waals surface area contributed by atoms with Gasteiger partial charge in [-0.05, 0) is 31.6 Å². The van der Waals surface area contributed by atoms with Crippen LogP contribution in [0.1, 0.15) is 51.4 Å². The minimum atomic E-state index is 0.0588. The molecule has 1 rings (SSSR count). The molecule has 0 atom stereocenters. The van der Waals surface area contributed by atoms with Gasteiger partial charge < -0.3 is 5.11 Å². The fraction of sp³-hybridized carbons (Fsp3) is 0.769. The molecule has 98 valence electrons. The average Bonchev–Trinajstić information content (AvgIpc) is 3.06. The SMILES string of the molecule is C=C(O)CCCCCCC(=O)N(N)CC1CC1. The zero-order chi connectivity index (χ0) is 12.7. The second-order valence-corrected chi connectivity index (χ2v) is 4.97. The first-order valence-electron chi connectivity index (χ1n) is 6.51. The van der Waals surface area contributed by atoms with Crippen LogP contribution in [-0.2, 0) is 4.79 Å². The Hall–Kier alpha value is -1.03. The highest BCUT2D eigenvalue weighted by Gasteiger charge is 2.24. The second-order valence-electron chi connectivity index (χ2n) is 4.97. The van der Waals surface area contributed by atoms with Crippen molar-refractivity contribution in [3.05, 3.63) is 12.3 Å². The number of carbonyl (C=O) groups is 1. The van der Waals surface area contributed by atoms with Gasteiger partial charge in [0.05, 0.1) is 5.76 Å². The summed E-state index contributed by atoms with van der Waals surface area (Å²) in [5.41, 5.74) is 0. The Bertz CT molecular complexity index is 262. The Morgan fingerprint density at radius 3 is 2.35 bits per heavy atom. The van der Waals surface area contributed by atoms with Gasteiger partial charge in [0.15, 0.2) is 0 Å². The second kappa shape index (κ2) is 7.33. The van der Waals surface area contributed by atoms with Crippen LogP contribution in [0.15, 0.2) is 12.3 Å². The number of aliphatic hydroxyl groups excluding tert-OH is 1. The maximum atomic E-state index is 11.6. The molecule has 3 N–H and O–H groups in total. The highest BCUT2D eigenvalue weighted by Crippen LogP contribution is 2.29. The predicted molar refractivity (Wildman–Crippen MR) is 68.1 cm³/mol. The summed E-state index contributed by atoms with van der Waals surface area (Å²) in [7, 11) is 0.